The number of carbonyl (C=O) groups is 1. The molecule has 1 atom stereocenters. The first kappa shape index (κ1) is 12.6. The highest BCUT2D eigenvalue weighted by Crippen LogP contribution is 2.18. The molecule has 88 valence electrons. The highest BCUT2D eigenvalue weighted by Gasteiger charge is 2.11. The second-order valence-corrected chi connectivity index (χ2v) is 4.25. The SMILES string of the molecule is CCC[C@@H](C)C(=O)Nc1ccc(C)c(N)c1. The fraction of sp³-hybridized carbons (Fsp3) is 0.462. The number of amides is 1. The van der Waals surface area contributed by atoms with E-state index in [1.807, 2.05) is 26.0 Å². The predicted molar refractivity (Wildman–Crippen MR) is 68.3 cm³/mol. The minimum Gasteiger partial charge on any atom is -0.398 e. The van der Waals surface area contributed by atoms with Crippen molar-refractivity contribution in [3.05, 3.63) is 23.8 Å². The topological polar surface area (TPSA) is 55.1 Å². The average molecular weight is 220 g/mol. The molecule has 0 aromatic heterocycles. The van der Waals surface area contributed by atoms with Crippen LogP contribution in [0.5, 0.6) is 0 Å². The van der Waals surface area contributed by atoms with Gasteiger partial charge in [-0.15, -0.1) is 0 Å². The third kappa shape index (κ3) is 3.26. The third-order valence-corrected chi connectivity index (χ3v) is 2.72. The van der Waals surface area contributed by atoms with Gasteiger partial charge in [-0.3, -0.25) is 4.79 Å². The Morgan fingerprint density at radius 3 is 2.75 bits per heavy atom. The molecule has 0 aliphatic rings. The Morgan fingerprint density at radius 1 is 1.50 bits per heavy atom. The lowest BCUT2D eigenvalue weighted by Gasteiger charge is -2.12. The summed E-state index contributed by atoms with van der Waals surface area (Å²) in [5.74, 6) is 0.109. The van der Waals surface area contributed by atoms with Crippen LogP contribution in [0.2, 0.25) is 0 Å². The van der Waals surface area contributed by atoms with Gasteiger partial charge in [0.2, 0.25) is 5.91 Å². The second kappa shape index (κ2) is 5.54. The minimum absolute atomic E-state index is 0.0486. The van der Waals surface area contributed by atoms with E-state index in [2.05, 4.69) is 12.2 Å². The van der Waals surface area contributed by atoms with Crippen LogP contribution < -0.4 is 11.1 Å². The number of benzene rings is 1. The molecule has 1 rings (SSSR count). The molecule has 0 fully saturated rings. The molecular formula is C13H20N2O. The second-order valence-electron chi connectivity index (χ2n) is 4.25. The number of carbonyl (C=O) groups excluding carboxylic acids is 1. The van der Waals surface area contributed by atoms with Crippen molar-refractivity contribution in [1.29, 1.82) is 0 Å². The molecule has 0 heterocycles. The van der Waals surface area contributed by atoms with E-state index in [-0.39, 0.29) is 11.8 Å². The molecule has 0 bridgehead atoms. The Bertz CT molecular complexity index is 374. The molecule has 3 N–H and O–H groups in total. The summed E-state index contributed by atoms with van der Waals surface area (Å²) in [4.78, 5) is 11.7. The number of hydrogen-bond acceptors (Lipinski definition) is 2. The largest absolute Gasteiger partial charge is 0.398 e. The van der Waals surface area contributed by atoms with Crippen LogP contribution in [0.3, 0.4) is 0 Å². The van der Waals surface area contributed by atoms with Crippen LogP contribution in [0.4, 0.5) is 11.4 Å². The molecule has 0 spiro atoms. The Labute approximate surface area is 97.0 Å². The molecule has 1 amide bonds. The molecule has 3 nitrogen and oxygen atoms in total. The van der Waals surface area contributed by atoms with Crippen LogP contribution in [0, 0.1) is 12.8 Å². The van der Waals surface area contributed by atoms with Gasteiger partial charge in [-0.2, -0.15) is 0 Å². The van der Waals surface area contributed by atoms with E-state index in [0.29, 0.717) is 5.69 Å². The number of anilines is 2. The Hall–Kier alpha value is -1.51. The van der Waals surface area contributed by atoms with Crippen LogP contribution >= 0.6 is 0 Å². The first-order chi connectivity index (χ1) is 7.54. The molecule has 0 aliphatic carbocycles. The first-order valence-corrected chi connectivity index (χ1v) is 5.71. The number of nitrogens with one attached hydrogen (secondary N) is 1. The van der Waals surface area contributed by atoms with E-state index in [0.717, 1.165) is 24.1 Å². The summed E-state index contributed by atoms with van der Waals surface area (Å²) in [6.07, 6.45) is 1.93. The first-order valence-electron chi connectivity index (χ1n) is 5.71. The van der Waals surface area contributed by atoms with E-state index in [1.54, 1.807) is 6.07 Å². The summed E-state index contributed by atoms with van der Waals surface area (Å²) in [6, 6.07) is 5.59. The molecule has 0 unspecified atom stereocenters. The van der Waals surface area contributed by atoms with Crippen LogP contribution in [0.25, 0.3) is 0 Å². The summed E-state index contributed by atoms with van der Waals surface area (Å²) >= 11 is 0. The summed E-state index contributed by atoms with van der Waals surface area (Å²) in [5.41, 5.74) is 8.29. The summed E-state index contributed by atoms with van der Waals surface area (Å²) in [5, 5.41) is 2.88. The van der Waals surface area contributed by atoms with Crippen molar-refractivity contribution in [1.82, 2.24) is 0 Å². The van der Waals surface area contributed by atoms with Crippen LogP contribution in [-0.4, -0.2) is 5.91 Å². The van der Waals surface area contributed by atoms with Crippen LogP contribution in [0.1, 0.15) is 32.3 Å². The number of rotatable bonds is 4. The van der Waals surface area contributed by atoms with E-state index in [1.165, 1.54) is 0 Å². The molecule has 16 heavy (non-hydrogen) atoms. The molecule has 0 saturated heterocycles. The van der Waals surface area contributed by atoms with Gasteiger partial charge in [-0.25, -0.2) is 0 Å². The highest BCUT2D eigenvalue weighted by atomic mass is 16.1. The molecule has 3 heteroatoms. The lowest BCUT2D eigenvalue weighted by atomic mass is 10.1. The average Bonchev–Trinajstić information content (AvgIpc) is 2.24. The van der Waals surface area contributed by atoms with Gasteiger partial charge in [-0.05, 0) is 31.0 Å². The Balaban J connectivity index is 2.66. The van der Waals surface area contributed by atoms with E-state index in [9.17, 15) is 4.79 Å². The van der Waals surface area contributed by atoms with Crippen LogP contribution in [0.15, 0.2) is 18.2 Å². The molecule has 0 radical (unpaired) electrons. The molecule has 1 aromatic rings. The van der Waals surface area contributed by atoms with Gasteiger partial charge in [0.05, 0.1) is 0 Å². The quantitative estimate of drug-likeness (QED) is 0.766. The number of hydrogen-bond donors (Lipinski definition) is 2. The van der Waals surface area contributed by atoms with Gasteiger partial charge in [0, 0.05) is 17.3 Å². The van der Waals surface area contributed by atoms with Gasteiger partial charge < -0.3 is 11.1 Å². The van der Waals surface area contributed by atoms with Gasteiger partial charge >= 0.3 is 0 Å². The molecular weight excluding hydrogens is 200 g/mol. The number of nitrogen functional groups attached to an aromatic ring is 1. The Kier molecular flexibility index (Phi) is 4.35. The fourth-order valence-electron chi connectivity index (χ4n) is 1.55. The van der Waals surface area contributed by atoms with Crippen molar-refractivity contribution in [3.63, 3.8) is 0 Å². The Morgan fingerprint density at radius 2 is 2.19 bits per heavy atom. The lowest BCUT2D eigenvalue weighted by Crippen LogP contribution is -2.20. The smallest absolute Gasteiger partial charge is 0.227 e. The van der Waals surface area contributed by atoms with Crippen molar-refractivity contribution in [2.75, 3.05) is 11.1 Å². The van der Waals surface area contributed by atoms with Gasteiger partial charge in [-0.1, -0.05) is 26.3 Å². The van der Waals surface area contributed by atoms with Gasteiger partial charge in [0.15, 0.2) is 0 Å². The van der Waals surface area contributed by atoms with Crippen molar-refractivity contribution in [3.8, 4) is 0 Å². The highest BCUT2D eigenvalue weighted by molar-refractivity contribution is 5.92. The van der Waals surface area contributed by atoms with Crippen molar-refractivity contribution < 1.29 is 4.79 Å². The lowest BCUT2D eigenvalue weighted by molar-refractivity contribution is -0.119. The molecule has 0 aliphatic heterocycles. The van der Waals surface area contributed by atoms with Gasteiger partial charge in [0.1, 0.15) is 0 Å². The van der Waals surface area contributed by atoms with E-state index in [4.69, 9.17) is 5.73 Å². The minimum atomic E-state index is 0.0486. The molecule has 0 saturated carbocycles. The maximum atomic E-state index is 11.7. The van der Waals surface area contributed by atoms with E-state index < -0.39 is 0 Å². The molecule has 1 aromatic carbocycles. The third-order valence-electron chi connectivity index (χ3n) is 2.72. The zero-order valence-electron chi connectivity index (χ0n) is 10.2. The normalized spacial score (nSPS) is 12.2. The zero-order chi connectivity index (χ0) is 12.1. The van der Waals surface area contributed by atoms with Crippen molar-refractivity contribution in [2.45, 2.75) is 33.6 Å². The zero-order valence-corrected chi connectivity index (χ0v) is 10.2. The standard InChI is InChI=1S/C13H20N2O/c1-4-5-10(3)13(16)15-11-7-6-9(2)12(14)8-11/h6-8,10H,4-5,14H2,1-3H3,(H,15,16)/t10-/m1/s1. The maximum absolute atomic E-state index is 11.7. The number of nitrogens with two attached hydrogens (primary N) is 1. The van der Waals surface area contributed by atoms with Crippen molar-refractivity contribution >= 4 is 17.3 Å². The fourth-order valence-corrected chi connectivity index (χ4v) is 1.55. The summed E-state index contributed by atoms with van der Waals surface area (Å²) in [6.45, 7) is 5.96. The summed E-state index contributed by atoms with van der Waals surface area (Å²) in [7, 11) is 0. The maximum Gasteiger partial charge on any atom is 0.227 e. The monoisotopic (exact) mass is 220 g/mol. The van der Waals surface area contributed by atoms with E-state index >= 15 is 0 Å². The predicted octanol–water partition coefficient (Wildman–Crippen LogP) is 2.95. The van der Waals surface area contributed by atoms with Crippen molar-refractivity contribution in [2.24, 2.45) is 5.92 Å². The van der Waals surface area contributed by atoms with Crippen LogP contribution in [-0.2, 0) is 4.79 Å². The van der Waals surface area contributed by atoms with Gasteiger partial charge in [0.25, 0.3) is 0 Å². The summed E-state index contributed by atoms with van der Waals surface area (Å²) < 4.78 is 0. The number of aryl methyl sites for hydroxylation is 1.